The lowest BCUT2D eigenvalue weighted by molar-refractivity contribution is 0.656. The molecule has 1 atom stereocenters. The van der Waals surface area contributed by atoms with Gasteiger partial charge in [-0.1, -0.05) is 19.1 Å². The average Bonchev–Trinajstić information content (AvgIpc) is 2.41. The third-order valence-electron chi connectivity index (χ3n) is 2.18. The summed E-state index contributed by atoms with van der Waals surface area (Å²) in [5, 5.41) is 0. The second kappa shape index (κ2) is 1.82. The molecule has 1 heteroatoms. The van der Waals surface area contributed by atoms with Crippen LogP contribution in [0.1, 0.15) is 13.3 Å². The zero-order chi connectivity index (χ0) is 7.14. The quantitative estimate of drug-likeness (QED) is 0.480. The third kappa shape index (κ3) is 0.605. The predicted octanol–water partition coefficient (Wildman–Crippen LogP) is 2.75. The van der Waals surface area contributed by atoms with Crippen molar-refractivity contribution < 1.29 is 4.39 Å². The SMILES string of the molecule is C[C@@H]1CC=C2C(F)=CC=C21. The molecule has 0 saturated carbocycles. The summed E-state index contributed by atoms with van der Waals surface area (Å²) in [7, 11) is 0. The molecule has 0 N–H and O–H groups in total. The number of allylic oxidation sites excluding steroid dienone is 6. The van der Waals surface area contributed by atoms with E-state index in [1.54, 1.807) is 6.08 Å². The molecule has 0 amide bonds. The van der Waals surface area contributed by atoms with Crippen LogP contribution in [0.15, 0.2) is 35.2 Å². The van der Waals surface area contributed by atoms with Crippen LogP contribution in [-0.2, 0) is 0 Å². The van der Waals surface area contributed by atoms with Crippen LogP contribution in [0.5, 0.6) is 0 Å². The molecule has 0 aliphatic heterocycles. The first-order chi connectivity index (χ1) is 4.79. The number of fused-ring (bicyclic) bond motifs is 1. The lowest BCUT2D eigenvalue weighted by Crippen LogP contribution is -1.89. The molecular formula is C9H9F. The van der Waals surface area contributed by atoms with Crippen LogP contribution in [0.25, 0.3) is 0 Å². The van der Waals surface area contributed by atoms with Gasteiger partial charge in [0.2, 0.25) is 0 Å². The lowest BCUT2D eigenvalue weighted by Gasteiger charge is -2.02. The highest BCUT2D eigenvalue weighted by Crippen LogP contribution is 2.39. The van der Waals surface area contributed by atoms with Crippen molar-refractivity contribution in [2.24, 2.45) is 5.92 Å². The number of rotatable bonds is 0. The Bertz CT molecular complexity index is 256. The largest absolute Gasteiger partial charge is 0.206 e. The molecule has 0 spiro atoms. The number of halogens is 1. The molecule has 2 aliphatic carbocycles. The van der Waals surface area contributed by atoms with Crippen molar-refractivity contribution in [3.8, 4) is 0 Å². The Hall–Kier alpha value is -0.850. The minimum atomic E-state index is -0.0562. The molecule has 52 valence electrons. The maximum absolute atomic E-state index is 12.8. The summed E-state index contributed by atoms with van der Waals surface area (Å²) in [4.78, 5) is 0. The van der Waals surface area contributed by atoms with Crippen molar-refractivity contribution >= 4 is 0 Å². The summed E-state index contributed by atoms with van der Waals surface area (Å²) < 4.78 is 12.8. The molecule has 0 aromatic carbocycles. The first-order valence-corrected chi connectivity index (χ1v) is 3.57. The van der Waals surface area contributed by atoms with E-state index in [1.807, 2.05) is 12.2 Å². The maximum Gasteiger partial charge on any atom is 0.130 e. The minimum absolute atomic E-state index is 0.0562. The van der Waals surface area contributed by atoms with Crippen molar-refractivity contribution in [1.82, 2.24) is 0 Å². The lowest BCUT2D eigenvalue weighted by atomic mass is 10.0. The van der Waals surface area contributed by atoms with Gasteiger partial charge in [0.15, 0.2) is 0 Å². The van der Waals surface area contributed by atoms with Crippen LogP contribution in [0.4, 0.5) is 4.39 Å². The first kappa shape index (κ1) is 5.90. The molecule has 2 aliphatic rings. The molecular weight excluding hydrogens is 127 g/mol. The van der Waals surface area contributed by atoms with Crippen LogP contribution in [0.3, 0.4) is 0 Å². The second-order valence-electron chi connectivity index (χ2n) is 2.89. The van der Waals surface area contributed by atoms with E-state index in [0.717, 1.165) is 12.0 Å². The highest BCUT2D eigenvalue weighted by molar-refractivity contribution is 5.55. The number of hydrogen-bond acceptors (Lipinski definition) is 0. The summed E-state index contributed by atoms with van der Waals surface area (Å²) in [6.07, 6.45) is 6.42. The molecule has 10 heavy (non-hydrogen) atoms. The fourth-order valence-electron chi connectivity index (χ4n) is 1.55. The van der Waals surface area contributed by atoms with Gasteiger partial charge in [-0.05, 0) is 24.0 Å². The van der Waals surface area contributed by atoms with Gasteiger partial charge in [-0.3, -0.25) is 0 Å². The van der Waals surface area contributed by atoms with Gasteiger partial charge in [-0.15, -0.1) is 0 Å². The first-order valence-electron chi connectivity index (χ1n) is 3.57. The van der Waals surface area contributed by atoms with E-state index in [0.29, 0.717) is 5.92 Å². The third-order valence-corrected chi connectivity index (χ3v) is 2.18. The Morgan fingerprint density at radius 2 is 2.30 bits per heavy atom. The summed E-state index contributed by atoms with van der Waals surface area (Å²) in [6, 6.07) is 0. The van der Waals surface area contributed by atoms with Crippen molar-refractivity contribution in [3.05, 3.63) is 35.2 Å². The summed E-state index contributed by atoms with van der Waals surface area (Å²) in [5.41, 5.74) is 2.02. The van der Waals surface area contributed by atoms with E-state index in [2.05, 4.69) is 6.92 Å². The van der Waals surface area contributed by atoms with Gasteiger partial charge in [-0.25, -0.2) is 4.39 Å². The molecule has 0 aromatic rings. The Morgan fingerprint density at radius 1 is 1.50 bits per heavy atom. The average molecular weight is 136 g/mol. The molecule has 0 unspecified atom stereocenters. The second-order valence-corrected chi connectivity index (χ2v) is 2.89. The van der Waals surface area contributed by atoms with Crippen molar-refractivity contribution in [2.75, 3.05) is 0 Å². The van der Waals surface area contributed by atoms with Gasteiger partial charge in [-0.2, -0.15) is 0 Å². The molecule has 0 heterocycles. The van der Waals surface area contributed by atoms with Gasteiger partial charge in [0.25, 0.3) is 0 Å². The molecule has 2 rings (SSSR count). The highest BCUT2D eigenvalue weighted by atomic mass is 19.1. The van der Waals surface area contributed by atoms with E-state index in [9.17, 15) is 4.39 Å². The molecule has 0 radical (unpaired) electrons. The van der Waals surface area contributed by atoms with Crippen molar-refractivity contribution in [2.45, 2.75) is 13.3 Å². The zero-order valence-corrected chi connectivity index (χ0v) is 5.89. The monoisotopic (exact) mass is 136 g/mol. The predicted molar refractivity (Wildman–Crippen MR) is 39.1 cm³/mol. The Labute approximate surface area is 59.7 Å². The van der Waals surface area contributed by atoms with Crippen molar-refractivity contribution in [1.29, 1.82) is 0 Å². The fourth-order valence-corrected chi connectivity index (χ4v) is 1.55. The van der Waals surface area contributed by atoms with E-state index < -0.39 is 0 Å². The fraction of sp³-hybridized carbons (Fsp3) is 0.333. The van der Waals surface area contributed by atoms with Gasteiger partial charge in [0, 0.05) is 5.57 Å². The molecule has 0 aromatic heterocycles. The van der Waals surface area contributed by atoms with Crippen molar-refractivity contribution in [3.63, 3.8) is 0 Å². The van der Waals surface area contributed by atoms with Crippen LogP contribution in [0, 0.1) is 5.92 Å². The molecule has 0 nitrogen and oxygen atoms in total. The van der Waals surface area contributed by atoms with Crippen LogP contribution in [-0.4, -0.2) is 0 Å². The van der Waals surface area contributed by atoms with E-state index >= 15 is 0 Å². The van der Waals surface area contributed by atoms with E-state index in [4.69, 9.17) is 0 Å². The Morgan fingerprint density at radius 3 is 3.00 bits per heavy atom. The van der Waals surface area contributed by atoms with Crippen LogP contribution >= 0.6 is 0 Å². The van der Waals surface area contributed by atoms with Gasteiger partial charge in [0.05, 0.1) is 0 Å². The van der Waals surface area contributed by atoms with Gasteiger partial charge < -0.3 is 0 Å². The summed E-state index contributed by atoms with van der Waals surface area (Å²) in [6.45, 7) is 2.13. The van der Waals surface area contributed by atoms with Crippen LogP contribution < -0.4 is 0 Å². The van der Waals surface area contributed by atoms with E-state index in [-0.39, 0.29) is 5.83 Å². The standard InChI is InChI=1S/C9H9F/c1-6-2-3-8-7(6)4-5-9(8)10/h3-6H,2H2,1H3/t6-/m1/s1. The summed E-state index contributed by atoms with van der Waals surface area (Å²) >= 11 is 0. The summed E-state index contributed by atoms with van der Waals surface area (Å²) in [5.74, 6) is 0.471. The smallest absolute Gasteiger partial charge is 0.130 e. The van der Waals surface area contributed by atoms with E-state index in [1.165, 1.54) is 5.57 Å². The Balaban J connectivity index is 2.41. The van der Waals surface area contributed by atoms with Gasteiger partial charge >= 0.3 is 0 Å². The van der Waals surface area contributed by atoms with Gasteiger partial charge in [0.1, 0.15) is 5.83 Å². The maximum atomic E-state index is 12.8. The Kier molecular flexibility index (Phi) is 1.07. The highest BCUT2D eigenvalue weighted by Gasteiger charge is 2.24. The molecule has 0 fully saturated rings. The molecule has 0 saturated heterocycles. The zero-order valence-electron chi connectivity index (χ0n) is 5.89. The normalized spacial score (nSPS) is 29.4. The minimum Gasteiger partial charge on any atom is -0.206 e. The topological polar surface area (TPSA) is 0 Å². The molecule has 0 bridgehead atoms. The van der Waals surface area contributed by atoms with Crippen LogP contribution in [0.2, 0.25) is 0 Å². The number of hydrogen-bond donors (Lipinski definition) is 0.